The molecule has 3 heteroatoms. The molecule has 2 atom stereocenters. The standard InChI is InChI=1S/C11H12BrFO/c12-9-5-1-4-8(11(9)13)7-3-2-6-10(7)14/h1,4-5,7,10,14H,2-3,6H2. The number of halogens is 2. The summed E-state index contributed by atoms with van der Waals surface area (Å²) in [7, 11) is 0. The van der Waals surface area contributed by atoms with Gasteiger partial charge in [-0.05, 0) is 40.4 Å². The fraction of sp³-hybridized carbons (Fsp3) is 0.455. The molecule has 0 amide bonds. The zero-order valence-electron chi connectivity index (χ0n) is 7.71. The summed E-state index contributed by atoms with van der Waals surface area (Å²) < 4.78 is 14.1. The van der Waals surface area contributed by atoms with Crippen molar-refractivity contribution in [2.24, 2.45) is 0 Å². The van der Waals surface area contributed by atoms with Gasteiger partial charge < -0.3 is 5.11 Å². The first kappa shape index (κ1) is 10.1. The predicted molar refractivity (Wildman–Crippen MR) is 56.7 cm³/mol. The molecule has 1 aliphatic carbocycles. The molecule has 0 radical (unpaired) electrons. The molecule has 2 unspecified atom stereocenters. The highest BCUT2D eigenvalue weighted by Gasteiger charge is 2.29. The molecule has 1 N–H and O–H groups in total. The van der Waals surface area contributed by atoms with E-state index in [-0.39, 0.29) is 17.8 Å². The quantitative estimate of drug-likeness (QED) is 0.821. The van der Waals surface area contributed by atoms with Gasteiger partial charge in [0, 0.05) is 5.92 Å². The van der Waals surface area contributed by atoms with Crippen molar-refractivity contribution in [1.82, 2.24) is 0 Å². The normalized spacial score (nSPS) is 26.8. The lowest BCUT2D eigenvalue weighted by molar-refractivity contribution is 0.162. The fourth-order valence-electron chi connectivity index (χ4n) is 2.11. The second-order valence-electron chi connectivity index (χ2n) is 3.75. The predicted octanol–water partition coefficient (Wildman–Crippen LogP) is 3.22. The molecular weight excluding hydrogens is 247 g/mol. The molecule has 0 heterocycles. The molecule has 1 aromatic rings. The Morgan fingerprint density at radius 1 is 1.36 bits per heavy atom. The van der Waals surface area contributed by atoms with Crippen molar-refractivity contribution in [1.29, 1.82) is 0 Å². The average molecular weight is 259 g/mol. The van der Waals surface area contributed by atoms with Crippen LogP contribution in [0.5, 0.6) is 0 Å². The van der Waals surface area contributed by atoms with Crippen LogP contribution in [0.2, 0.25) is 0 Å². The van der Waals surface area contributed by atoms with Crippen molar-refractivity contribution in [2.75, 3.05) is 0 Å². The number of aliphatic hydroxyl groups is 1. The molecule has 14 heavy (non-hydrogen) atoms. The molecule has 1 aromatic carbocycles. The van der Waals surface area contributed by atoms with E-state index >= 15 is 0 Å². The summed E-state index contributed by atoms with van der Waals surface area (Å²) in [5, 5.41) is 9.68. The molecule has 0 aliphatic heterocycles. The zero-order chi connectivity index (χ0) is 10.1. The van der Waals surface area contributed by atoms with E-state index in [4.69, 9.17) is 0 Å². The minimum Gasteiger partial charge on any atom is -0.392 e. The van der Waals surface area contributed by atoms with Crippen LogP contribution in [0, 0.1) is 5.82 Å². The van der Waals surface area contributed by atoms with Crippen LogP contribution in [0.3, 0.4) is 0 Å². The summed E-state index contributed by atoms with van der Waals surface area (Å²) >= 11 is 3.16. The van der Waals surface area contributed by atoms with Crippen LogP contribution < -0.4 is 0 Å². The van der Waals surface area contributed by atoms with Gasteiger partial charge in [0.2, 0.25) is 0 Å². The Balaban J connectivity index is 2.36. The molecule has 1 saturated carbocycles. The summed E-state index contributed by atoms with van der Waals surface area (Å²) in [6, 6.07) is 5.26. The van der Waals surface area contributed by atoms with Gasteiger partial charge >= 0.3 is 0 Å². The number of aliphatic hydroxyl groups excluding tert-OH is 1. The smallest absolute Gasteiger partial charge is 0.140 e. The van der Waals surface area contributed by atoms with E-state index in [1.165, 1.54) is 0 Å². The number of hydrogen-bond donors (Lipinski definition) is 1. The molecule has 76 valence electrons. The Morgan fingerprint density at radius 3 is 2.79 bits per heavy atom. The lowest BCUT2D eigenvalue weighted by atomic mass is 9.95. The third-order valence-electron chi connectivity index (χ3n) is 2.86. The van der Waals surface area contributed by atoms with Gasteiger partial charge in [-0.1, -0.05) is 18.6 Å². The topological polar surface area (TPSA) is 20.2 Å². The molecule has 1 fully saturated rings. The molecule has 0 bridgehead atoms. The highest BCUT2D eigenvalue weighted by Crippen LogP contribution is 2.37. The van der Waals surface area contributed by atoms with Gasteiger partial charge in [0.15, 0.2) is 0 Å². The first-order valence-corrected chi connectivity index (χ1v) is 5.61. The monoisotopic (exact) mass is 258 g/mol. The maximum Gasteiger partial charge on any atom is 0.140 e. The Labute approximate surface area is 91.1 Å². The van der Waals surface area contributed by atoms with Crippen LogP contribution in [0.1, 0.15) is 30.7 Å². The molecule has 0 spiro atoms. The van der Waals surface area contributed by atoms with E-state index in [2.05, 4.69) is 15.9 Å². The highest BCUT2D eigenvalue weighted by molar-refractivity contribution is 9.10. The SMILES string of the molecule is OC1CCCC1c1cccc(Br)c1F. The van der Waals surface area contributed by atoms with Gasteiger partial charge in [0.1, 0.15) is 5.82 Å². The Kier molecular flexibility index (Phi) is 2.88. The first-order chi connectivity index (χ1) is 6.70. The van der Waals surface area contributed by atoms with E-state index in [1.54, 1.807) is 12.1 Å². The van der Waals surface area contributed by atoms with Crippen molar-refractivity contribution in [2.45, 2.75) is 31.3 Å². The molecule has 1 aliphatic rings. The van der Waals surface area contributed by atoms with E-state index in [0.29, 0.717) is 10.0 Å². The van der Waals surface area contributed by atoms with Crippen molar-refractivity contribution in [3.63, 3.8) is 0 Å². The van der Waals surface area contributed by atoms with Crippen LogP contribution in [0.15, 0.2) is 22.7 Å². The van der Waals surface area contributed by atoms with Crippen LogP contribution in [-0.2, 0) is 0 Å². The molecule has 0 aromatic heterocycles. The number of benzene rings is 1. The van der Waals surface area contributed by atoms with Crippen LogP contribution in [0.4, 0.5) is 4.39 Å². The van der Waals surface area contributed by atoms with Gasteiger partial charge in [0.25, 0.3) is 0 Å². The minimum atomic E-state index is -0.376. The van der Waals surface area contributed by atoms with E-state index in [0.717, 1.165) is 19.3 Å². The maximum atomic E-state index is 13.7. The molecule has 2 rings (SSSR count). The van der Waals surface area contributed by atoms with Crippen LogP contribution in [-0.4, -0.2) is 11.2 Å². The van der Waals surface area contributed by atoms with Gasteiger partial charge in [-0.15, -0.1) is 0 Å². The van der Waals surface area contributed by atoms with Crippen molar-refractivity contribution < 1.29 is 9.50 Å². The fourth-order valence-corrected chi connectivity index (χ4v) is 2.49. The van der Waals surface area contributed by atoms with Gasteiger partial charge in [0.05, 0.1) is 10.6 Å². The summed E-state index contributed by atoms with van der Waals surface area (Å²) in [5.41, 5.74) is 0.643. The Hall–Kier alpha value is -0.410. The summed E-state index contributed by atoms with van der Waals surface area (Å²) in [4.78, 5) is 0. The van der Waals surface area contributed by atoms with Crippen molar-refractivity contribution in [3.8, 4) is 0 Å². The largest absolute Gasteiger partial charge is 0.392 e. The van der Waals surface area contributed by atoms with Gasteiger partial charge in [-0.25, -0.2) is 4.39 Å². The van der Waals surface area contributed by atoms with Crippen molar-refractivity contribution in [3.05, 3.63) is 34.1 Å². The van der Waals surface area contributed by atoms with E-state index in [9.17, 15) is 9.50 Å². The Bertz CT molecular complexity index is 340. The summed E-state index contributed by atoms with van der Waals surface area (Å²) in [5.74, 6) is -0.244. The van der Waals surface area contributed by atoms with Gasteiger partial charge in [-0.3, -0.25) is 0 Å². The van der Waals surface area contributed by atoms with E-state index < -0.39 is 0 Å². The zero-order valence-corrected chi connectivity index (χ0v) is 9.30. The third kappa shape index (κ3) is 1.71. The average Bonchev–Trinajstić information content (AvgIpc) is 2.57. The van der Waals surface area contributed by atoms with Crippen LogP contribution in [0.25, 0.3) is 0 Å². The minimum absolute atomic E-state index is 0.0208. The lowest BCUT2D eigenvalue weighted by Crippen LogP contribution is -2.12. The molecular formula is C11H12BrFO. The Morgan fingerprint density at radius 2 is 2.14 bits per heavy atom. The number of hydrogen-bond acceptors (Lipinski definition) is 1. The van der Waals surface area contributed by atoms with Crippen LogP contribution >= 0.6 is 15.9 Å². The maximum absolute atomic E-state index is 13.7. The second kappa shape index (κ2) is 3.99. The summed E-state index contributed by atoms with van der Waals surface area (Å²) in [6.45, 7) is 0. The third-order valence-corrected chi connectivity index (χ3v) is 3.47. The first-order valence-electron chi connectivity index (χ1n) is 4.82. The van der Waals surface area contributed by atoms with Crippen molar-refractivity contribution >= 4 is 15.9 Å². The molecule has 1 nitrogen and oxygen atoms in total. The molecule has 0 saturated heterocycles. The highest BCUT2D eigenvalue weighted by atomic mass is 79.9. The lowest BCUT2D eigenvalue weighted by Gasteiger charge is -2.15. The number of rotatable bonds is 1. The van der Waals surface area contributed by atoms with Gasteiger partial charge in [-0.2, -0.15) is 0 Å². The summed E-state index contributed by atoms with van der Waals surface area (Å²) in [6.07, 6.45) is 2.28. The second-order valence-corrected chi connectivity index (χ2v) is 4.60. The van der Waals surface area contributed by atoms with E-state index in [1.807, 2.05) is 6.07 Å².